The van der Waals surface area contributed by atoms with Crippen molar-refractivity contribution in [1.82, 2.24) is 0 Å². The largest absolute Gasteiger partial charge is 0.433 e. The van der Waals surface area contributed by atoms with Crippen LogP contribution in [0.1, 0.15) is 0 Å². The summed E-state index contributed by atoms with van der Waals surface area (Å²) in [5, 5.41) is 3.64. The molecule has 6 nitrogen and oxygen atoms in total. The Kier molecular flexibility index (Phi) is 18.5. The van der Waals surface area contributed by atoms with Crippen molar-refractivity contribution in [2.24, 2.45) is 0 Å². The first-order chi connectivity index (χ1) is 27.2. The molecule has 0 N–H and O–H groups in total. The molecule has 3 unspecified atom stereocenters. The van der Waals surface area contributed by atoms with E-state index in [0.29, 0.717) is 0 Å². The van der Waals surface area contributed by atoms with E-state index in [2.05, 4.69) is 215 Å². The highest BCUT2D eigenvalue weighted by Gasteiger charge is 2.49. The molecule has 0 aromatic heterocycles. The molecule has 0 aliphatic carbocycles. The molecule has 0 heterocycles. The molecular formula is C44H84O6Si10. The molecule has 336 valence electrons. The third-order valence-corrected chi connectivity index (χ3v) is 49.5. The average Bonchev–Trinajstić information content (AvgIpc) is 3.12. The maximum Gasteiger partial charge on any atom is 0.348 e. The Labute approximate surface area is 378 Å². The molecule has 0 radical (unpaired) electrons. The summed E-state index contributed by atoms with van der Waals surface area (Å²) < 4.78 is 44.2. The van der Waals surface area contributed by atoms with Crippen molar-refractivity contribution in [2.75, 3.05) is 0 Å². The quantitative estimate of drug-likeness (QED) is 0.0789. The minimum Gasteiger partial charge on any atom is -0.433 e. The molecule has 0 aliphatic rings. The molecule has 0 amide bonds. The van der Waals surface area contributed by atoms with Gasteiger partial charge in [0.2, 0.25) is 0 Å². The zero-order valence-corrected chi connectivity index (χ0v) is 51.1. The summed E-state index contributed by atoms with van der Waals surface area (Å²) in [5.41, 5.74) is 2.02. The third kappa shape index (κ3) is 17.7. The van der Waals surface area contributed by atoms with E-state index in [1.54, 1.807) is 0 Å². The van der Waals surface area contributed by atoms with Gasteiger partial charge < -0.3 is 24.7 Å². The summed E-state index contributed by atoms with van der Waals surface area (Å²) in [6.07, 6.45) is 0. The monoisotopic (exact) mass is 988 g/mol. The van der Waals surface area contributed by atoms with Gasteiger partial charge in [0, 0.05) is 8.07 Å². The minimum atomic E-state index is -2.84. The Balaban J connectivity index is 1.82. The summed E-state index contributed by atoms with van der Waals surface area (Å²) in [7, 11) is -22.5. The van der Waals surface area contributed by atoms with Crippen LogP contribution in [0, 0.1) is 0 Å². The summed E-state index contributed by atoms with van der Waals surface area (Å²) in [5.74, 6) is 0. The van der Waals surface area contributed by atoms with Gasteiger partial charge in [-0.15, -0.1) is 6.58 Å². The molecule has 16 heteroatoms. The molecule has 3 aromatic rings. The van der Waals surface area contributed by atoms with Crippen molar-refractivity contribution in [3.8, 4) is 0 Å². The second-order valence-electron chi connectivity index (χ2n) is 22.2. The number of benzene rings is 3. The SMILES string of the molecule is C=C[Si](C)(C)O[Si](C)(O[Si](C)(C)CC[Si](C)(C)O[Si](C)(O[Si](C)(C)CC[Si](C)(C)O[Si](C)(O[Si](C)(C)CC[Si](C)(C)C)c1ccccc1)c1ccccc1)c1ccccc1. The first kappa shape index (κ1) is 53.7. The smallest absolute Gasteiger partial charge is 0.348 e. The van der Waals surface area contributed by atoms with Gasteiger partial charge >= 0.3 is 25.7 Å². The highest BCUT2D eigenvalue weighted by Crippen LogP contribution is 2.34. The van der Waals surface area contributed by atoms with Gasteiger partial charge in [0.25, 0.3) is 0 Å². The second kappa shape index (κ2) is 20.7. The maximum absolute atomic E-state index is 7.55. The van der Waals surface area contributed by atoms with Crippen LogP contribution in [0.2, 0.25) is 154 Å². The Hall–Kier alpha value is -0.671. The minimum absolute atomic E-state index is 1.00. The fourth-order valence-corrected chi connectivity index (χ4v) is 57.3. The van der Waals surface area contributed by atoms with Crippen LogP contribution in [0.15, 0.2) is 103 Å². The lowest BCUT2D eigenvalue weighted by molar-refractivity contribution is 0.389. The average molecular weight is 990 g/mol. The molecule has 3 aromatic carbocycles. The molecular weight excluding hydrogens is 905 g/mol. The van der Waals surface area contributed by atoms with E-state index in [1.165, 1.54) is 27.6 Å². The lowest BCUT2D eigenvalue weighted by atomic mass is 10.4. The topological polar surface area (TPSA) is 55.4 Å². The Morgan fingerprint density at radius 2 is 0.550 bits per heavy atom. The first-order valence-corrected chi connectivity index (χ1v) is 51.5. The fourth-order valence-electron chi connectivity index (χ4n) is 7.95. The molecule has 3 rings (SSSR count). The van der Waals surface area contributed by atoms with Crippen molar-refractivity contribution >= 4 is 99.2 Å². The Morgan fingerprint density at radius 3 is 0.767 bits per heavy atom. The zero-order valence-electron chi connectivity index (χ0n) is 41.1. The highest BCUT2D eigenvalue weighted by molar-refractivity contribution is 6.98. The van der Waals surface area contributed by atoms with Crippen LogP contribution >= 0.6 is 0 Å². The van der Waals surface area contributed by atoms with Crippen molar-refractivity contribution in [1.29, 1.82) is 0 Å². The molecule has 0 fully saturated rings. The predicted molar refractivity (Wildman–Crippen MR) is 287 cm³/mol. The van der Waals surface area contributed by atoms with Crippen LogP contribution in [-0.4, -0.2) is 83.7 Å². The number of hydrogen-bond donors (Lipinski definition) is 0. The fraction of sp³-hybridized carbons (Fsp3) is 0.545. The van der Waals surface area contributed by atoms with Crippen LogP contribution in [0.4, 0.5) is 0 Å². The number of hydrogen-bond acceptors (Lipinski definition) is 6. The summed E-state index contributed by atoms with van der Waals surface area (Å²) in [4.78, 5) is 0. The standard InChI is InChI=1S/C44H84O6Si10/c1-20-52(5,6)45-58(17,42-30-24-21-25-31-42)47-54(9,10)38-39-56(13,14)49-60(19,44-34-28-23-29-35-44)50-57(15,16)41-40-55(11,12)48-59(18,43-32-26-22-27-33-43)46-53(7,8)37-36-51(2,3)4/h20-35H,1,36-41H2,2-19H3. The van der Waals surface area contributed by atoms with Crippen LogP contribution in [0.5, 0.6) is 0 Å². The van der Waals surface area contributed by atoms with Crippen molar-refractivity contribution in [3.05, 3.63) is 103 Å². The van der Waals surface area contributed by atoms with Crippen LogP contribution in [0.3, 0.4) is 0 Å². The normalized spacial score (nSPS) is 16.8. The van der Waals surface area contributed by atoms with Gasteiger partial charge in [0.05, 0.1) is 0 Å². The van der Waals surface area contributed by atoms with Crippen LogP contribution < -0.4 is 15.6 Å². The van der Waals surface area contributed by atoms with Gasteiger partial charge in [-0.1, -0.05) is 122 Å². The Bertz CT molecular complexity index is 1790. The number of rotatable bonds is 25. The van der Waals surface area contributed by atoms with E-state index < -0.39 is 83.7 Å². The second-order valence-corrected chi connectivity index (χ2v) is 63.9. The summed E-state index contributed by atoms with van der Waals surface area (Å²) in [6.45, 7) is 46.7. The molecule has 0 spiro atoms. The zero-order chi connectivity index (χ0) is 45.5. The maximum atomic E-state index is 7.55. The van der Waals surface area contributed by atoms with E-state index in [9.17, 15) is 0 Å². The molecule has 60 heavy (non-hydrogen) atoms. The van der Waals surface area contributed by atoms with Crippen LogP contribution in [0.25, 0.3) is 0 Å². The molecule has 0 bridgehead atoms. The van der Waals surface area contributed by atoms with E-state index in [0.717, 1.165) is 24.2 Å². The van der Waals surface area contributed by atoms with Gasteiger partial charge in [-0.3, -0.25) is 0 Å². The van der Waals surface area contributed by atoms with Gasteiger partial charge in [0.15, 0.2) is 49.9 Å². The highest BCUT2D eigenvalue weighted by atomic mass is 28.5. The first-order valence-electron chi connectivity index (χ1n) is 22.2. The third-order valence-electron chi connectivity index (χ3n) is 11.3. The van der Waals surface area contributed by atoms with E-state index in [-0.39, 0.29) is 0 Å². The van der Waals surface area contributed by atoms with E-state index >= 15 is 0 Å². The van der Waals surface area contributed by atoms with Crippen molar-refractivity contribution < 1.29 is 24.7 Å². The van der Waals surface area contributed by atoms with Crippen LogP contribution in [-0.2, 0) is 24.7 Å². The molecule has 3 atom stereocenters. The van der Waals surface area contributed by atoms with Gasteiger partial charge in [-0.2, -0.15) is 0 Å². The summed E-state index contributed by atoms with van der Waals surface area (Å²) in [6, 6.07) is 38.8. The lowest BCUT2D eigenvalue weighted by Crippen LogP contribution is -2.63. The Morgan fingerprint density at radius 1 is 0.333 bits per heavy atom. The molecule has 0 aliphatic heterocycles. The van der Waals surface area contributed by atoms with Crippen molar-refractivity contribution in [2.45, 2.75) is 154 Å². The predicted octanol–water partition coefficient (Wildman–Crippen LogP) is 12.3. The van der Waals surface area contributed by atoms with Gasteiger partial charge in [0.1, 0.15) is 0 Å². The summed E-state index contributed by atoms with van der Waals surface area (Å²) >= 11 is 0. The van der Waals surface area contributed by atoms with Gasteiger partial charge in [-0.05, 0) is 144 Å². The lowest BCUT2D eigenvalue weighted by Gasteiger charge is -2.44. The molecule has 0 saturated carbocycles. The van der Waals surface area contributed by atoms with E-state index in [4.69, 9.17) is 24.7 Å². The van der Waals surface area contributed by atoms with E-state index in [1.807, 2.05) is 5.70 Å². The van der Waals surface area contributed by atoms with Gasteiger partial charge in [-0.25, -0.2) is 0 Å². The molecule has 0 saturated heterocycles. The van der Waals surface area contributed by atoms with Crippen molar-refractivity contribution in [3.63, 3.8) is 0 Å².